The molecular weight excluding hydrogens is 372 g/mol. The molecule has 1 amide bonds. The summed E-state index contributed by atoms with van der Waals surface area (Å²) < 4.78 is 1.91. The normalized spacial score (nSPS) is 20.2. The van der Waals surface area contributed by atoms with Gasteiger partial charge in [-0.15, -0.1) is 0 Å². The first-order chi connectivity index (χ1) is 13.6. The summed E-state index contributed by atoms with van der Waals surface area (Å²) in [5.41, 5.74) is 2.24. The van der Waals surface area contributed by atoms with Crippen molar-refractivity contribution in [3.8, 4) is 0 Å². The summed E-state index contributed by atoms with van der Waals surface area (Å²) in [7, 11) is 0. The molecule has 2 bridgehead atoms. The number of benzene rings is 1. The second-order valence-electron chi connectivity index (χ2n) is 7.52. The van der Waals surface area contributed by atoms with Crippen LogP contribution in [0.25, 0.3) is 0 Å². The van der Waals surface area contributed by atoms with E-state index >= 15 is 0 Å². The average Bonchev–Trinajstić information content (AvgIpc) is 2.72. The summed E-state index contributed by atoms with van der Waals surface area (Å²) in [6.07, 6.45) is 1.08. The first kappa shape index (κ1) is 18.7. The zero-order valence-electron chi connectivity index (χ0n) is 15.6. The highest BCUT2D eigenvalue weighted by Gasteiger charge is 2.35. The Morgan fingerprint density at radius 2 is 1.86 bits per heavy atom. The van der Waals surface area contributed by atoms with Crippen molar-refractivity contribution < 1.29 is 4.79 Å². The fourth-order valence-corrected chi connectivity index (χ4v) is 4.41. The average molecular weight is 397 g/mol. The standard InChI is InChI=1S/C21H24N4O2S/c26-19(22-10-15-5-2-1-3-6-15)11-23-21(28)24-12-16-9-17(14-24)18-7-4-8-20(27)25(18)13-16/h1-8,16-17H,9-14H2,(H,22,26)(H,23,28)/t16-,17+/m1/s1. The summed E-state index contributed by atoms with van der Waals surface area (Å²) in [5, 5.41) is 6.60. The number of hydrogen-bond acceptors (Lipinski definition) is 3. The van der Waals surface area contributed by atoms with E-state index in [1.165, 1.54) is 0 Å². The predicted molar refractivity (Wildman–Crippen MR) is 112 cm³/mol. The molecule has 6 nitrogen and oxygen atoms in total. The number of hydrogen-bond donors (Lipinski definition) is 2. The van der Waals surface area contributed by atoms with E-state index in [0.717, 1.165) is 37.3 Å². The molecule has 28 heavy (non-hydrogen) atoms. The van der Waals surface area contributed by atoms with Gasteiger partial charge in [0.05, 0.1) is 6.54 Å². The third-order valence-electron chi connectivity index (χ3n) is 5.50. The molecule has 0 aliphatic carbocycles. The van der Waals surface area contributed by atoms with Crippen LogP contribution in [0, 0.1) is 5.92 Å². The smallest absolute Gasteiger partial charge is 0.250 e. The molecule has 0 spiro atoms. The molecule has 7 heteroatoms. The number of carbonyl (C=O) groups excluding carboxylic acids is 1. The van der Waals surface area contributed by atoms with Gasteiger partial charge < -0.3 is 20.1 Å². The van der Waals surface area contributed by atoms with Crippen LogP contribution in [0.1, 0.15) is 23.6 Å². The molecule has 2 atom stereocenters. The predicted octanol–water partition coefficient (Wildman–Crippen LogP) is 1.46. The SMILES string of the molecule is O=C(CNC(=S)N1C[C@H]2C[C@@H](C1)c1cccc(=O)n1C2)NCc1ccccc1. The van der Waals surface area contributed by atoms with Crippen LogP contribution in [0.5, 0.6) is 0 Å². The number of likely N-dealkylation sites (tertiary alicyclic amines) is 1. The number of carbonyl (C=O) groups is 1. The van der Waals surface area contributed by atoms with Crippen molar-refractivity contribution >= 4 is 23.2 Å². The number of fused-ring (bicyclic) bond motifs is 4. The van der Waals surface area contributed by atoms with E-state index in [4.69, 9.17) is 12.2 Å². The molecule has 2 aliphatic rings. The fraction of sp³-hybridized carbons (Fsp3) is 0.381. The fourth-order valence-electron chi connectivity index (χ4n) is 4.19. The number of rotatable bonds is 4. The Morgan fingerprint density at radius 3 is 2.68 bits per heavy atom. The number of pyridine rings is 1. The third-order valence-corrected chi connectivity index (χ3v) is 5.90. The zero-order valence-corrected chi connectivity index (χ0v) is 16.5. The van der Waals surface area contributed by atoms with Gasteiger partial charge in [-0.25, -0.2) is 0 Å². The molecule has 4 rings (SSSR count). The number of piperidine rings is 1. The van der Waals surface area contributed by atoms with Gasteiger partial charge in [0.2, 0.25) is 5.91 Å². The number of thiocarbonyl (C=S) groups is 1. The van der Waals surface area contributed by atoms with Gasteiger partial charge in [0.25, 0.3) is 5.56 Å². The maximum absolute atomic E-state index is 12.1. The van der Waals surface area contributed by atoms with Crippen molar-refractivity contribution in [1.82, 2.24) is 20.1 Å². The van der Waals surface area contributed by atoms with Gasteiger partial charge >= 0.3 is 0 Å². The molecule has 2 aromatic rings. The second-order valence-corrected chi connectivity index (χ2v) is 7.91. The maximum atomic E-state index is 12.1. The first-order valence-electron chi connectivity index (χ1n) is 9.63. The molecule has 1 fully saturated rings. The van der Waals surface area contributed by atoms with Crippen LogP contribution in [-0.2, 0) is 17.9 Å². The highest BCUT2D eigenvalue weighted by atomic mass is 32.1. The van der Waals surface area contributed by atoms with Crippen LogP contribution in [-0.4, -0.2) is 40.1 Å². The van der Waals surface area contributed by atoms with Gasteiger partial charge in [-0.2, -0.15) is 0 Å². The lowest BCUT2D eigenvalue weighted by atomic mass is 9.83. The molecule has 3 heterocycles. The molecule has 0 saturated carbocycles. The second kappa shape index (κ2) is 8.14. The largest absolute Gasteiger partial charge is 0.354 e. The summed E-state index contributed by atoms with van der Waals surface area (Å²) >= 11 is 5.54. The van der Waals surface area contributed by atoms with Gasteiger partial charge in [-0.3, -0.25) is 9.59 Å². The lowest BCUT2D eigenvalue weighted by Crippen LogP contribution is -2.52. The van der Waals surface area contributed by atoms with Crippen molar-refractivity contribution in [2.24, 2.45) is 5.92 Å². The number of aromatic nitrogens is 1. The molecule has 1 aromatic heterocycles. The molecule has 2 N–H and O–H groups in total. The van der Waals surface area contributed by atoms with E-state index < -0.39 is 0 Å². The monoisotopic (exact) mass is 396 g/mol. The molecular formula is C21H24N4O2S. The highest BCUT2D eigenvalue weighted by molar-refractivity contribution is 7.80. The topological polar surface area (TPSA) is 66.4 Å². The van der Waals surface area contributed by atoms with Crippen LogP contribution >= 0.6 is 12.2 Å². The van der Waals surface area contributed by atoms with Gasteiger partial charge in [-0.1, -0.05) is 36.4 Å². The van der Waals surface area contributed by atoms with E-state index in [0.29, 0.717) is 23.5 Å². The van der Waals surface area contributed by atoms with E-state index in [2.05, 4.69) is 15.5 Å². The van der Waals surface area contributed by atoms with Crippen LogP contribution in [0.3, 0.4) is 0 Å². The minimum atomic E-state index is -0.0831. The van der Waals surface area contributed by atoms with Crippen LogP contribution in [0.15, 0.2) is 53.3 Å². The minimum absolute atomic E-state index is 0.0800. The van der Waals surface area contributed by atoms with Crippen LogP contribution < -0.4 is 16.2 Å². The minimum Gasteiger partial charge on any atom is -0.354 e. The van der Waals surface area contributed by atoms with Crippen molar-refractivity contribution in [2.75, 3.05) is 19.6 Å². The Balaban J connectivity index is 1.30. The molecule has 2 aliphatic heterocycles. The Bertz CT molecular complexity index is 928. The number of nitrogens with one attached hydrogen (secondary N) is 2. The van der Waals surface area contributed by atoms with Crippen molar-refractivity contribution in [3.05, 3.63) is 70.1 Å². The van der Waals surface area contributed by atoms with E-state index in [1.807, 2.05) is 47.0 Å². The quantitative estimate of drug-likeness (QED) is 0.766. The van der Waals surface area contributed by atoms with Gasteiger partial charge in [0, 0.05) is 43.9 Å². The van der Waals surface area contributed by atoms with Crippen molar-refractivity contribution in [1.29, 1.82) is 0 Å². The number of amides is 1. The maximum Gasteiger partial charge on any atom is 0.250 e. The van der Waals surface area contributed by atoms with E-state index in [9.17, 15) is 9.59 Å². The van der Waals surface area contributed by atoms with Gasteiger partial charge in [0.15, 0.2) is 5.11 Å². The Morgan fingerprint density at radius 1 is 1.04 bits per heavy atom. The van der Waals surface area contributed by atoms with E-state index in [1.54, 1.807) is 6.07 Å². The Labute approximate surface area is 169 Å². The summed E-state index contributed by atoms with van der Waals surface area (Å²) in [4.78, 5) is 26.4. The van der Waals surface area contributed by atoms with E-state index in [-0.39, 0.29) is 18.0 Å². The summed E-state index contributed by atoms with van der Waals surface area (Å²) in [5.74, 6) is 0.617. The van der Waals surface area contributed by atoms with Crippen molar-refractivity contribution in [2.45, 2.75) is 25.4 Å². The van der Waals surface area contributed by atoms with Crippen molar-refractivity contribution in [3.63, 3.8) is 0 Å². The third kappa shape index (κ3) is 4.09. The lowest BCUT2D eigenvalue weighted by Gasteiger charge is -2.43. The Kier molecular flexibility index (Phi) is 5.43. The molecule has 0 radical (unpaired) electrons. The van der Waals surface area contributed by atoms with Crippen LogP contribution in [0.2, 0.25) is 0 Å². The number of nitrogens with zero attached hydrogens (tertiary/aromatic N) is 2. The highest BCUT2D eigenvalue weighted by Crippen LogP contribution is 2.34. The summed E-state index contributed by atoms with van der Waals surface area (Å²) in [6, 6.07) is 15.3. The molecule has 1 aromatic carbocycles. The van der Waals surface area contributed by atoms with Crippen LogP contribution in [0.4, 0.5) is 0 Å². The van der Waals surface area contributed by atoms with Gasteiger partial charge in [0.1, 0.15) is 0 Å². The zero-order chi connectivity index (χ0) is 19.5. The summed E-state index contributed by atoms with van der Waals surface area (Å²) in [6.45, 7) is 3.00. The van der Waals surface area contributed by atoms with Gasteiger partial charge in [-0.05, 0) is 36.2 Å². The lowest BCUT2D eigenvalue weighted by molar-refractivity contribution is -0.120. The molecule has 0 unspecified atom stereocenters. The molecule has 1 saturated heterocycles. The first-order valence-corrected chi connectivity index (χ1v) is 10.0. The Hall–Kier alpha value is -2.67. The molecule has 146 valence electrons.